The van der Waals surface area contributed by atoms with E-state index in [4.69, 9.17) is 19.2 Å². The molecule has 3 aromatic rings. The molecule has 0 spiro atoms. The van der Waals surface area contributed by atoms with Gasteiger partial charge < -0.3 is 19.3 Å². The van der Waals surface area contributed by atoms with Crippen LogP contribution in [0.5, 0.6) is 11.8 Å². The number of aryl methyl sites for hydroxylation is 2. The van der Waals surface area contributed by atoms with Gasteiger partial charge in [0.05, 0.1) is 35.7 Å². The first-order chi connectivity index (χ1) is 17.9. The van der Waals surface area contributed by atoms with Crippen LogP contribution in [0.3, 0.4) is 0 Å². The molecule has 1 fully saturated rings. The average Bonchev–Trinajstić information content (AvgIpc) is 3.49. The molecular weight excluding hydrogens is 480 g/mol. The Kier molecular flexibility index (Phi) is 8.99. The van der Waals surface area contributed by atoms with Crippen molar-refractivity contribution in [3.05, 3.63) is 23.5 Å². The quantitative estimate of drug-likeness (QED) is 0.335. The van der Waals surface area contributed by atoms with Crippen LogP contribution < -0.4 is 9.47 Å². The van der Waals surface area contributed by atoms with Gasteiger partial charge in [0.15, 0.2) is 0 Å². The Balaban J connectivity index is 1.39. The van der Waals surface area contributed by atoms with Crippen LogP contribution in [0.15, 0.2) is 12.1 Å². The molecule has 1 aliphatic rings. The highest BCUT2D eigenvalue weighted by Gasteiger charge is 2.28. The minimum Gasteiger partial charge on any atom is -0.489 e. The summed E-state index contributed by atoms with van der Waals surface area (Å²) in [6.45, 7) is 3.42. The minimum atomic E-state index is -0.757. The van der Waals surface area contributed by atoms with E-state index in [0.29, 0.717) is 48.8 Å². The Hall–Kier alpha value is -3.61. The van der Waals surface area contributed by atoms with Crippen molar-refractivity contribution in [1.29, 1.82) is 0 Å². The summed E-state index contributed by atoms with van der Waals surface area (Å²) in [5, 5.41) is 30.2. The molecule has 2 atom stereocenters. The molecule has 0 unspecified atom stereocenters. The number of unbranched alkanes of at least 4 members (excludes halogenated alkanes) is 2. The summed E-state index contributed by atoms with van der Waals surface area (Å²) in [5.74, 6) is -0.468. The number of hydrogen-bond acceptors (Lipinski definition) is 10. The van der Waals surface area contributed by atoms with Crippen LogP contribution in [-0.4, -0.2) is 77.7 Å². The molecule has 3 aromatic heterocycles. The van der Waals surface area contributed by atoms with E-state index in [2.05, 4.69) is 25.7 Å². The summed E-state index contributed by atoms with van der Waals surface area (Å²) in [6, 6.07) is 3.92. The number of carbonyl (C=O) groups is 1. The third-order valence-corrected chi connectivity index (χ3v) is 6.44. The summed E-state index contributed by atoms with van der Waals surface area (Å²) in [5.41, 5.74) is 2.72. The Bertz CT molecular complexity index is 1180. The highest BCUT2D eigenvalue weighted by atomic mass is 16.5. The number of aromatic nitrogens is 8. The molecule has 13 nitrogen and oxygen atoms in total. The summed E-state index contributed by atoms with van der Waals surface area (Å²) in [6.07, 6.45) is 5.64. The minimum absolute atomic E-state index is 0.131. The molecule has 13 heteroatoms. The largest absolute Gasteiger partial charge is 0.489 e. The molecule has 0 aromatic carbocycles. The zero-order valence-electron chi connectivity index (χ0n) is 21.5. The number of pyridine rings is 1. The summed E-state index contributed by atoms with van der Waals surface area (Å²) in [7, 11) is 3.49. The Morgan fingerprint density at radius 1 is 1.14 bits per heavy atom. The van der Waals surface area contributed by atoms with Gasteiger partial charge in [-0.25, -0.2) is 9.67 Å². The number of ether oxygens (including phenoxy) is 3. The maximum absolute atomic E-state index is 11.4. The van der Waals surface area contributed by atoms with E-state index in [9.17, 15) is 9.90 Å². The predicted molar refractivity (Wildman–Crippen MR) is 131 cm³/mol. The van der Waals surface area contributed by atoms with Crippen LogP contribution in [0.1, 0.15) is 56.3 Å². The zero-order chi connectivity index (χ0) is 26.2. The van der Waals surface area contributed by atoms with Crippen LogP contribution in [-0.2, 0) is 23.1 Å². The first-order valence-electron chi connectivity index (χ1n) is 12.6. The van der Waals surface area contributed by atoms with Gasteiger partial charge in [-0.05, 0) is 69.2 Å². The maximum Gasteiger partial charge on any atom is 0.356 e. The van der Waals surface area contributed by atoms with Gasteiger partial charge in [-0.2, -0.15) is 4.80 Å². The third-order valence-electron chi connectivity index (χ3n) is 6.44. The molecule has 1 N–H and O–H groups in total. The lowest BCUT2D eigenvalue weighted by Gasteiger charge is -2.27. The van der Waals surface area contributed by atoms with E-state index in [1.807, 2.05) is 19.1 Å². The summed E-state index contributed by atoms with van der Waals surface area (Å²) >= 11 is 0. The van der Waals surface area contributed by atoms with Gasteiger partial charge in [-0.3, -0.25) is 4.79 Å². The van der Waals surface area contributed by atoms with Crippen molar-refractivity contribution in [2.75, 3.05) is 20.3 Å². The third kappa shape index (κ3) is 7.00. The normalized spacial score (nSPS) is 17.6. The summed E-state index contributed by atoms with van der Waals surface area (Å²) < 4.78 is 18.4. The van der Waals surface area contributed by atoms with Crippen LogP contribution in [0.25, 0.3) is 11.4 Å². The topological polar surface area (TPSA) is 152 Å². The lowest BCUT2D eigenvalue weighted by atomic mass is 9.87. The number of methoxy groups -OCH3 is 1. The monoisotopic (exact) mass is 514 g/mol. The highest BCUT2D eigenvalue weighted by Crippen LogP contribution is 2.30. The maximum atomic E-state index is 11.4. The Labute approximate surface area is 215 Å². The number of tetrazole rings is 1. The van der Waals surface area contributed by atoms with Gasteiger partial charge in [0.2, 0.25) is 0 Å². The number of carboxylic acid groups (broad SMARTS) is 1. The van der Waals surface area contributed by atoms with Gasteiger partial charge in [0.1, 0.15) is 18.0 Å². The molecule has 0 amide bonds. The van der Waals surface area contributed by atoms with Gasteiger partial charge in [0.25, 0.3) is 0 Å². The lowest BCUT2D eigenvalue weighted by Crippen LogP contribution is -2.29. The first-order valence-corrected chi connectivity index (χ1v) is 12.6. The van der Waals surface area contributed by atoms with Crippen molar-refractivity contribution in [2.45, 2.75) is 64.5 Å². The van der Waals surface area contributed by atoms with Crippen LogP contribution in [0, 0.1) is 12.8 Å². The van der Waals surface area contributed by atoms with Gasteiger partial charge >= 0.3 is 12.0 Å². The standard InChI is InChI=1S/C24H34N8O5/c1-16-21(37-18-9-7-8-17(14-18)23(33)34)11-10-19(25-16)22-20(31(2)29-26-22)15-32-28-24(27-30-32)36-13-6-4-5-12-35-3/h10-11,17-18H,4-9,12-15H2,1-3H3,(H,33,34)/t17-,18-/m0/s1. The van der Waals surface area contributed by atoms with E-state index in [-0.39, 0.29) is 18.0 Å². The van der Waals surface area contributed by atoms with Gasteiger partial charge in [-0.1, -0.05) is 15.4 Å². The highest BCUT2D eigenvalue weighted by molar-refractivity contribution is 5.70. The predicted octanol–water partition coefficient (Wildman–Crippen LogP) is 2.44. The molecule has 0 bridgehead atoms. The summed E-state index contributed by atoms with van der Waals surface area (Å²) in [4.78, 5) is 17.5. The zero-order valence-corrected chi connectivity index (χ0v) is 21.5. The van der Waals surface area contributed by atoms with E-state index in [1.54, 1.807) is 18.8 Å². The van der Waals surface area contributed by atoms with Crippen LogP contribution in [0.4, 0.5) is 0 Å². The molecule has 0 saturated heterocycles. The van der Waals surface area contributed by atoms with Crippen molar-refractivity contribution in [2.24, 2.45) is 13.0 Å². The molecular formula is C24H34N8O5. The lowest BCUT2D eigenvalue weighted by molar-refractivity contribution is -0.143. The van der Waals surface area contributed by atoms with Crippen molar-refractivity contribution < 1.29 is 24.1 Å². The van der Waals surface area contributed by atoms with Gasteiger partial charge in [-0.15, -0.1) is 5.10 Å². The molecule has 37 heavy (non-hydrogen) atoms. The second-order valence-corrected chi connectivity index (χ2v) is 9.23. The number of hydrogen-bond donors (Lipinski definition) is 1. The van der Waals surface area contributed by atoms with Gasteiger partial charge in [0, 0.05) is 20.8 Å². The Morgan fingerprint density at radius 2 is 1.97 bits per heavy atom. The van der Waals surface area contributed by atoms with E-state index in [1.165, 1.54) is 4.80 Å². The molecule has 3 heterocycles. The Morgan fingerprint density at radius 3 is 2.76 bits per heavy atom. The van der Waals surface area contributed by atoms with E-state index in [0.717, 1.165) is 44.4 Å². The fourth-order valence-electron chi connectivity index (χ4n) is 4.39. The number of aliphatic carboxylic acids is 1. The molecule has 0 aliphatic heterocycles. The SMILES string of the molecule is COCCCCCOc1nnn(Cc2c(-c3ccc(O[C@H]4CCC[C@H](C(=O)O)C4)c(C)n3)nnn2C)n1. The second kappa shape index (κ2) is 12.6. The molecule has 0 radical (unpaired) electrons. The van der Waals surface area contributed by atoms with Crippen LogP contribution in [0.2, 0.25) is 0 Å². The van der Waals surface area contributed by atoms with Crippen molar-refractivity contribution in [1.82, 2.24) is 40.2 Å². The first kappa shape index (κ1) is 26.5. The number of rotatable bonds is 13. The van der Waals surface area contributed by atoms with Crippen molar-refractivity contribution in [3.8, 4) is 23.1 Å². The van der Waals surface area contributed by atoms with Crippen molar-refractivity contribution >= 4 is 5.97 Å². The smallest absolute Gasteiger partial charge is 0.356 e. The molecule has 200 valence electrons. The fraction of sp³-hybridized carbons (Fsp3) is 0.625. The average molecular weight is 515 g/mol. The van der Waals surface area contributed by atoms with Crippen LogP contribution >= 0.6 is 0 Å². The van der Waals surface area contributed by atoms with Crippen molar-refractivity contribution in [3.63, 3.8) is 0 Å². The number of nitrogens with zero attached hydrogens (tertiary/aromatic N) is 8. The van der Waals surface area contributed by atoms with E-state index < -0.39 is 5.97 Å². The second-order valence-electron chi connectivity index (χ2n) is 9.23. The fourth-order valence-corrected chi connectivity index (χ4v) is 4.39. The molecule has 4 rings (SSSR count). The molecule has 1 aliphatic carbocycles. The molecule has 1 saturated carbocycles. The van der Waals surface area contributed by atoms with E-state index >= 15 is 0 Å². The number of carboxylic acids is 1.